The average Bonchev–Trinajstić information content (AvgIpc) is 3.21. The third-order valence-electron chi connectivity index (χ3n) is 3.79. The number of hydrogen-bond donors (Lipinski definition) is 0. The van der Waals surface area contributed by atoms with Crippen molar-refractivity contribution in [3.8, 4) is 11.3 Å². The number of imidazole rings is 1. The van der Waals surface area contributed by atoms with Crippen LogP contribution < -0.4 is 4.90 Å². The Morgan fingerprint density at radius 3 is 3.00 bits per heavy atom. The summed E-state index contributed by atoms with van der Waals surface area (Å²) in [6.45, 7) is 2.50. The number of carbonyl (C=O) groups is 1. The highest BCUT2D eigenvalue weighted by Gasteiger charge is 2.27. The Balaban J connectivity index is 1.67. The fourth-order valence-electron chi connectivity index (χ4n) is 2.73. The number of fused-ring (bicyclic) bond motifs is 1. The Bertz CT molecular complexity index is 838. The van der Waals surface area contributed by atoms with Gasteiger partial charge in [0.25, 0.3) is 0 Å². The van der Waals surface area contributed by atoms with Gasteiger partial charge in [0.2, 0.25) is 5.91 Å². The van der Waals surface area contributed by atoms with Crippen LogP contribution in [0.2, 0.25) is 0 Å². The summed E-state index contributed by atoms with van der Waals surface area (Å²) in [5.74, 6) is 0.121. The van der Waals surface area contributed by atoms with Crippen LogP contribution in [0.1, 0.15) is 10.6 Å². The predicted octanol–water partition coefficient (Wildman–Crippen LogP) is 2.86. The molecule has 22 heavy (non-hydrogen) atoms. The summed E-state index contributed by atoms with van der Waals surface area (Å²) in [5.41, 5.74) is 4.09. The number of carbonyl (C=O) groups excluding carboxylic acids is 1. The van der Waals surface area contributed by atoms with Crippen molar-refractivity contribution >= 4 is 22.9 Å². The van der Waals surface area contributed by atoms with Gasteiger partial charge in [0.15, 0.2) is 0 Å². The van der Waals surface area contributed by atoms with Gasteiger partial charge in [-0.05, 0) is 24.6 Å². The van der Waals surface area contributed by atoms with Crippen molar-refractivity contribution < 1.29 is 4.79 Å². The van der Waals surface area contributed by atoms with Crippen LogP contribution >= 0.6 is 11.3 Å². The molecule has 3 aromatic rings. The average molecular weight is 310 g/mol. The van der Waals surface area contributed by atoms with E-state index in [2.05, 4.69) is 21.4 Å². The van der Waals surface area contributed by atoms with Crippen molar-refractivity contribution in [2.75, 3.05) is 4.90 Å². The lowest BCUT2D eigenvalue weighted by Crippen LogP contribution is -2.28. The zero-order valence-electron chi connectivity index (χ0n) is 12.1. The number of thiazole rings is 1. The summed E-state index contributed by atoms with van der Waals surface area (Å²) in [6.07, 6.45) is 5.74. The minimum absolute atomic E-state index is 0.121. The summed E-state index contributed by atoms with van der Waals surface area (Å²) >= 11 is 1.64. The Labute approximate surface area is 131 Å². The third-order valence-corrected chi connectivity index (χ3v) is 4.57. The zero-order valence-corrected chi connectivity index (χ0v) is 12.9. The van der Waals surface area contributed by atoms with Crippen molar-refractivity contribution in [3.63, 3.8) is 0 Å². The van der Waals surface area contributed by atoms with Gasteiger partial charge in [-0.1, -0.05) is 6.07 Å². The minimum atomic E-state index is 0.121. The molecule has 0 radical (unpaired) electrons. The van der Waals surface area contributed by atoms with E-state index in [4.69, 9.17) is 0 Å². The molecule has 3 heterocycles. The monoisotopic (exact) mass is 310 g/mol. The molecule has 0 saturated heterocycles. The Morgan fingerprint density at radius 2 is 2.27 bits per heavy atom. The molecule has 1 amide bonds. The molecule has 6 heteroatoms. The fraction of sp³-hybridized carbons (Fsp3) is 0.188. The second-order valence-corrected chi connectivity index (χ2v) is 6.37. The van der Waals surface area contributed by atoms with E-state index in [0.717, 1.165) is 27.5 Å². The number of nitrogens with zero attached hydrogens (tertiary/aromatic N) is 4. The van der Waals surface area contributed by atoms with E-state index in [1.54, 1.807) is 28.8 Å². The molecule has 1 aliphatic rings. The van der Waals surface area contributed by atoms with Crippen LogP contribution in [0.4, 0.5) is 5.69 Å². The molecule has 0 saturated carbocycles. The summed E-state index contributed by atoms with van der Waals surface area (Å²) < 4.78 is 1.89. The van der Waals surface area contributed by atoms with E-state index in [1.807, 2.05) is 29.8 Å². The summed E-state index contributed by atoms with van der Waals surface area (Å²) in [7, 11) is 0. The number of benzene rings is 1. The van der Waals surface area contributed by atoms with Crippen molar-refractivity contribution in [3.05, 3.63) is 52.9 Å². The second-order valence-electron chi connectivity index (χ2n) is 5.31. The summed E-state index contributed by atoms with van der Waals surface area (Å²) in [6, 6.07) is 6.13. The standard InChI is InChI=1S/C16H14N4OS/c1-11-18-14(8-22-11)12-2-3-15-13(6-12)7-16(21)20(15)10-19-5-4-17-9-19/h2-6,8-9H,7,10H2,1H3. The number of amides is 1. The quantitative estimate of drug-likeness (QED) is 0.747. The first-order valence-corrected chi connectivity index (χ1v) is 7.90. The molecular weight excluding hydrogens is 296 g/mol. The van der Waals surface area contributed by atoms with Gasteiger partial charge in [-0.15, -0.1) is 11.3 Å². The van der Waals surface area contributed by atoms with Gasteiger partial charge in [-0.2, -0.15) is 0 Å². The van der Waals surface area contributed by atoms with Crippen molar-refractivity contribution in [1.82, 2.24) is 14.5 Å². The molecule has 0 fully saturated rings. The number of aryl methyl sites for hydroxylation is 1. The highest BCUT2D eigenvalue weighted by atomic mass is 32.1. The molecule has 110 valence electrons. The van der Waals surface area contributed by atoms with E-state index in [9.17, 15) is 4.79 Å². The van der Waals surface area contributed by atoms with E-state index in [-0.39, 0.29) is 5.91 Å². The molecule has 0 bridgehead atoms. The van der Waals surface area contributed by atoms with Crippen LogP contribution in [-0.2, 0) is 17.9 Å². The van der Waals surface area contributed by atoms with Crippen molar-refractivity contribution in [2.45, 2.75) is 20.0 Å². The van der Waals surface area contributed by atoms with Gasteiger partial charge in [0, 0.05) is 29.0 Å². The van der Waals surface area contributed by atoms with Crippen molar-refractivity contribution in [2.24, 2.45) is 0 Å². The molecule has 2 aromatic heterocycles. The topological polar surface area (TPSA) is 51.0 Å². The number of anilines is 1. The fourth-order valence-corrected chi connectivity index (χ4v) is 3.35. The van der Waals surface area contributed by atoms with Crippen LogP contribution in [0, 0.1) is 6.92 Å². The highest BCUT2D eigenvalue weighted by Crippen LogP contribution is 2.33. The molecule has 0 spiro atoms. The highest BCUT2D eigenvalue weighted by molar-refractivity contribution is 7.09. The van der Waals surface area contributed by atoms with E-state index >= 15 is 0 Å². The first kappa shape index (κ1) is 13.2. The van der Waals surface area contributed by atoms with Crippen molar-refractivity contribution in [1.29, 1.82) is 0 Å². The maximum Gasteiger partial charge on any atom is 0.232 e. The first-order chi connectivity index (χ1) is 10.7. The first-order valence-electron chi connectivity index (χ1n) is 7.02. The van der Waals surface area contributed by atoms with E-state index in [1.165, 1.54) is 0 Å². The molecule has 5 nitrogen and oxygen atoms in total. The largest absolute Gasteiger partial charge is 0.319 e. The second kappa shape index (κ2) is 5.06. The Kier molecular flexibility index (Phi) is 3.04. The maximum absolute atomic E-state index is 12.3. The Hall–Kier alpha value is -2.47. The van der Waals surface area contributed by atoms with Gasteiger partial charge in [0.05, 0.1) is 23.4 Å². The van der Waals surface area contributed by atoms with Crippen LogP contribution in [0.15, 0.2) is 42.3 Å². The van der Waals surface area contributed by atoms with Gasteiger partial charge < -0.3 is 4.57 Å². The molecule has 0 N–H and O–H groups in total. The maximum atomic E-state index is 12.3. The lowest BCUT2D eigenvalue weighted by atomic mass is 10.1. The molecule has 0 atom stereocenters. The zero-order chi connectivity index (χ0) is 15.1. The molecule has 1 aliphatic heterocycles. The minimum Gasteiger partial charge on any atom is -0.319 e. The van der Waals surface area contributed by atoms with Gasteiger partial charge in [-0.3, -0.25) is 9.69 Å². The summed E-state index contributed by atoms with van der Waals surface area (Å²) in [5, 5.41) is 3.10. The van der Waals surface area contributed by atoms with Gasteiger partial charge in [-0.25, -0.2) is 9.97 Å². The normalized spacial score (nSPS) is 13.7. The lowest BCUT2D eigenvalue weighted by Gasteiger charge is -2.18. The molecular formula is C16H14N4OS. The Morgan fingerprint density at radius 1 is 1.36 bits per heavy atom. The smallest absolute Gasteiger partial charge is 0.232 e. The third kappa shape index (κ3) is 2.21. The summed E-state index contributed by atoms with van der Waals surface area (Å²) in [4.78, 5) is 22.6. The molecule has 0 aliphatic carbocycles. The number of aromatic nitrogens is 3. The number of hydrogen-bond acceptors (Lipinski definition) is 4. The van der Waals surface area contributed by atoms with Crippen LogP contribution in [0.3, 0.4) is 0 Å². The van der Waals surface area contributed by atoms with Gasteiger partial charge >= 0.3 is 0 Å². The SMILES string of the molecule is Cc1nc(-c2ccc3c(c2)CC(=O)N3Cn2ccnc2)cs1. The van der Waals surface area contributed by atoms with E-state index < -0.39 is 0 Å². The molecule has 0 unspecified atom stereocenters. The van der Waals surface area contributed by atoms with Crippen LogP contribution in [0.25, 0.3) is 11.3 Å². The molecule has 4 rings (SSSR count). The van der Waals surface area contributed by atoms with E-state index in [0.29, 0.717) is 13.1 Å². The van der Waals surface area contributed by atoms with Gasteiger partial charge in [0.1, 0.15) is 6.67 Å². The van der Waals surface area contributed by atoms with Crippen LogP contribution in [-0.4, -0.2) is 20.4 Å². The van der Waals surface area contributed by atoms with Crippen LogP contribution in [0.5, 0.6) is 0 Å². The molecule has 1 aromatic carbocycles. The predicted molar refractivity (Wildman–Crippen MR) is 85.7 cm³/mol. The lowest BCUT2D eigenvalue weighted by molar-refractivity contribution is -0.117. The number of rotatable bonds is 3.